The van der Waals surface area contributed by atoms with Crippen molar-refractivity contribution in [3.63, 3.8) is 0 Å². The summed E-state index contributed by atoms with van der Waals surface area (Å²) in [6, 6.07) is -0.921. The van der Waals surface area contributed by atoms with E-state index in [2.05, 4.69) is 11.9 Å². The van der Waals surface area contributed by atoms with Crippen LogP contribution in [0.4, 0.5) is 0 Å². The minimum atomic E-state index is -1.07. The summed E-state index contributed by atoms with van der Waals surface area (Å²) in [5.41, 5.74) is 5.17. The van der Waals surface area contributed by atoms with E-state index in [1.165, 1.54) is 0 Å². The Hall–Kier alpha value is -1.36. The SMILES string of the molecule is C=CC(=O)NCCC(N)C(=O)O. The number of hydrogen-bond acceptors (Lipinski definition) is 3. The highest BCUT2D eigenvalue weighted by Crippen LogP contribution is 1.85. The predicted octanol–water partition coefficient (Wildman–Crippen LogP) is -0.909. The monoisotopic (exact) mass is 172 g/mol. The fourth-order valence-electron chi connectivity index (χ4n) is 0.547. The van der Waals surface area contributed by atoms with E-state index in [-0.39, 0.29) is 18.9 Å². The number of hydrogen-bond donors (Lipinski definition) is 3. The first kappa shape index (κ1) is 10.6. The molecule has 0 aliphatic rings. The number of nitrogens with two attached hydrogens (primary N) is 1. The molecule has 1 unspecified atom stereocenters. The molecule has 0 aliphatic carbocycles. The summed E-state index contributed by atoms with van der Waals surface area (Å²) in [4.78, 5) is 20.7. The molecule has 0 aliphatic heterocycles. The summed E-state index contributed by atoms with van der Waals surface area (Å²) in [7, 11) is 0. The second-order valence-corrected chi connectivity index (χ2v) is 2.23. The molecule has 1 amide bonds. The van der Waals surface area contributed by atoms with Gasteiger partial charge < -0.3 is 16.2 Å². The van der Waals surface area contributed by atoms with Gasteiger partial charge in [-0.3, -0.25) is 9.59 Å². The summed E-state index contributed by atoms with van der Waals surface area (Å²) in [6.45, 7) is 3.48. The van der Waals surface area contributed by atoms with Gasteiger partial charge >= 0.3 is 5.97 Å². The second kappa shape index (κ2) is 5.31. The molecule has 0 aromatic carbocycles. The van der Waals surface area contributed by atoms with Crippen LogP contribution < -0.4 is 11.1 Å². The number of carbonyl (C=O) groups is 2. The quantitative estimate of drug-likeness (QED) is 0.468. The number of amides is 1. The zero-order valence-electron chi connectivity index (χ0n) is 6.62. The fourth-order valence-corrected chi connectivity index (χ4v) is 0.547. The van der Waals surface area contributed by atoms with Crippen LogP contribution >= 0.6 is 0 Å². The lowest BCUT2D eigenvalue weighted by Gasteiger charge is -2.05. The summed E-state index contributed by atoms with van der Waals surface area (Å²) < 4.78 is 0. The molecule has 68 valence electrons. The third-order valence-electron chi connectivity index (χ3n) is 1.26. The van der Waals surface area contributed by atoms with Crippen LogP contribution in [0, 0.1) is 0 Å². The lowest BCUT2D eigenvalue weighted by Crippen LogP contribution is -2.34. The Morgan fingerprint density at radius 2 is 2.25 bits per heavy atom. The third kappa shape index (κ3) is 4.45. The molecule has 5 nitrogen and oxygen atoms in total. The predicted molar refractivity (Wildman–Crippen MR) is 43.4 cm³/mol. The number of rotatable bonds is 5. The lowest BCUT2D eigenvalue weighted by atomic mass is 10.2. The van der Waals surface area contributed by atoms with Gasteiger partial charge in [-0.15, -0.1) is 0 Å². The number of carboxylic acid groups (broad SMARTS) is 1. The highest BCUT2D eigenvalue weighted by atomic mass is 16.4. The van der Waals surface area contributed by atoms with E-state index < -0.39 is 12.0 Å². The van der Waals surface area contributed by atoms with E-state index in [1.54, 1.807) is 0 Å². The van der Waals surface area contributed by atoms with Crippen molar-refractivity contribution >= 4 is 11.9 Å². The van der Waals surface area contributed by atoms with E-state index in [9.17, 15) is 9.59 Å². The summed E-state index contributed by atoms with van der Waals surface area (Å²) in [6.07, 6.45) is 1.33. The maximum atomic E-state index is 10.5. The molecular formula is C7H12N2O3. The summed E-state index contributed by atoms with van der Waals surface area (Å²) >= 11 is 0. The van der Waals surface area contributed by atoms with E-state index >= 15 is 0 Å². The van der Waals surface area contributed by atoms with E-state index in [0.717, 1.165) is 6.08 Å². The lowest BCUT2D eigenvalue weighted by molar-refractivity contribution is -0.138. The molecule has 0 aromatic rings. The van der Waals surface area contributed by atoms with E-state index in [0.29, 0.717) is 0 Å². The minimum Gasteiger partial charge on any atom is -0.480 e. The average Bonchev–Trinajstić information content (AvgIpc) is 2.03. The molecule has 0 bridgehead atoms. The first-order valence-corrected chi connectivity index (χ1v) is 3.46. The molecule has 0 aromatic heterocycles. The van der Waals surface area contributed by atoms with Gasteiger partial charge in [-0.25, -0.2) is 0 Å². The number of nitrogens with one attached hydrogen (secondary N) is 1. The highest BCUT2D eigenvalue weighted by Gasteiger charge is 2.10. The van der Waals surface area contributed by atoms with Gasteiger partial charge in [-0.2, -0.15) is 0 Å². The Kier molecular flexibility index (Phi) is 4.71. The average molecular weight is 172 g/mol. The van der Waals surface area contributed by atoms with Crippen molar-refractivity contribution < 1.29 is 14.7 Å². The van der Waals surface area contributed by atoms with Gasteiger partial charge in [0.2, 0.25) is 5.91 Å². The van der Waals surface area contributed by atoms with Crippen LogP contribution in [-0.2, 0) is 9.59 Å². The fraction of sp³-hybridized carbons (Fsp3) is 0.429. The van der Waals surface area contributed by atoms with Crippen molar-refractivity contribution in [2.75, 3.05) is 6.54 Å². The Balaban J connectivity index is 3.49. The van der Waals surface area contributed by atoms with Crippen molar-refractivity contribution in [1.82, 2.24) is 5.32 Å². The van der Waals surface area contributed by atoms with Gasteiger partial charge in [-0.05, 0) is 12.5 Å². The van der Waals surface area contributed by atoms with Crippen LogP contribution in [0.25, 0.3) is 0 Å². The van der Waals surface area contributed by atoms with Crippen LogP contribution in [0.5, 0.6) is 0 Å². The molecule has 4 N–H and O–H groups in total. The van der Waals surface area contributed by atoms with E-state index in [1.807, 2.05) is 0 Å². The standard InChI is InChI=1S/C7H12N2O3/c1-2-6(10)9-4-3-5(8)7(11)12/h2,5H,1,3-4,8H2,(H,9,10)(H,11,12). The second-order valence-electron chi connectivity index (χ2n) is 2.23. The summed E-state index contributed by atoms with van der Waals surface area (Å²) in [5.74, 6) is -1.39. The third-order valence-corrected chi connectivity index (χ3v) is 1.26. The van der Waals surface area contributed by atoms with Crippen molar-refractivity contribution in [2.24, 2.45) is 5.73 Å². The van der Waals surface area contributed by atoms with Crippen LogP contribution in [-0.4, -0.2) is 29.6 Å². The molecule has 12 heavy (non-hydrogen) atoms. The number of aliphatic carboxylic acids is 1. The topological polar surface area (TPSA) is 92.4 Å². The first-order valence-electron chi connectivity index (χ1n) is 3.46. The maximum Gasteiger partial charge on any atom is 0.320 e. The molecule has 5 heteroatoms. The van der Waals surface area contributed by atoms with Gasteiger partial charge in [-0.1, -0.05) is 6.58 Å². The first-order chi connectivity index (χ1) is 5.57. The van der Waals surface area contributed by atoms with Crippen LogP contribution in [0.1, 0.15) is 6.42 Å². The molecule has 0 saturated carbocycles. The van der Waals surface area contributed by atoms with Crippen molar-refractivity contribution in [1.29, 1.82) is 0 Å². The largest absolute Gasteiger partial charge is 0.480 e. The van der Waals surface area contributed by atoms with Crippen molar-refractivity contribution in [2.45, 2.75) is 12.5 Å². The molecule has 0 rings (SSSR count). The van der Waals surface area contributed by atoms with Crippen molar-refractivity contribution in [3.05, 3.63) is 12.7 Å². The molecule has 0 radical (unpaired) electrons. The Bertz CT molecular complexity index is 191. The zero-order chi connectivity index (χ0) is 9.56. The van der Waals surface area contributed by atoms with Crippen molar-refractivity contribution in [3.8, 4) is 0 Å². The van der Waals surface area contributed by atoms with Crippen LogP contribution in [0.2, 0.25) is 0 Å². The van der Waals surface area contributed by atoms with Crippen LogP contribution in [0.3, 0.4) is 0 Å². The van der Waals surface area contributed by atoms with Gasteiger partial charge in [0.15, 0.2) is 0 Å². The normalized spacial score (nSPS) is 11.8. The number of carboxylic acids is 1. The van der Waals surface area contributed by atoms with Gasteiger partial charge in [0, 0.05) is 6.54 Å². The van der Waals surface area contributed by atoms with Gasteiger partial charge in [0.1, 0.15) is 6.04 Å². The minimum absolute atomic E-state index is 0.217. The number of carbonyl (C=O) groups excluding carboxylic acids is 1. The highest BCUT2D eigenvalue weighted by molar-refractivity contribution is 5.86. The molecule has 0 spiro atoms. The molecule has 1 atom stereocenters. The maximum absolute atomic E-state index is 10.5. The Morgan fingerprint density at radius 3 is 2.67 bits per heavy atom. The smallest absolute Gasteiger partial charge is 0.320 e. The zero-order valence-corrected chi connectivity index (χ0v) is 6.62. The van der Waals surface area contributed by atoms with Gasteiger partial charge in [0.05, 0.1) is 0 Å². The molecule has 0 fully saturated rings. The summed E-state index contributed by atoms with van der Waals surface area (Å²) in [5, 5.41) is 10.8. The molecule has 0 saturated heterocycles. The Labute approximate surface area is 70.2 Å². The Morgan fingerprint density at radius 1 is 1.67 bits per heavy atom. The van der Waals surface area contributed by atoms with Gasteiger partial charge in [0.25, 0.3) is 0 Å². The molecule has 0 heterocycles. The van der Waals surface area contributed by atoms with E-state index in [4.69, 9.17) is 10.8 Å². The molecular weight excluding hydrogens is 160 g/mol. The van der Waals surface area contributed by atoms with Crippen LogP contribution in [0.15, 0.2) is 12.7 Å².